The average Bonchev–Trinajstić information content (AvgIpc) is 2.62. The van der Waals surface area contributed by atoms with Crippen LogP contribution >= 0.6 is 23.4 Å². The van der Waals surface area contributed by atoms with E-state index in [4.69, 9.17) is 21.1 Å². The molecule has 0 bridgehead atoms. The smallest absolute Gasteiger partial charge is 0.247 e. The molecule has 1 unspecified atom stereocenters. The molecular formula is C13H16ClNO2S. The summed E-state index contributed by atoms with van der Waals surface area (Å²) in [6.45, 7) is 3.83. The van der Waals surface area contributed by atoms with E-state index in [1.54, 1.807) is 7.11 Å². The molecule has 3 nitrogen and oxygen atoms in total. The summed E-state index contributed by atoms with van der Waals surface area (Å²) in [4.78, 5) is 4.56. The normalized spacial score (nSPS) is 26.2. The first-order valence-electron chi connectivity index (χ1n) is 5.59. The van der Waals surface area contributed by atoms with Crippen molar-refractivity contribution in [3.05, 3.63) is 34.9 Å². The SMILES string of the molecule is COC1(c2ccc(Cl)cc2)OC(C)(C)N=C1SC. The fourth-order valence-electron chi connectivity index (χ4n) is 2.01. The Bertz CT molecular complexity index is 472. The Morgan fingerprint density at radius 1 is 1.28 bits per heavy atom. The Balaban J connectivity index is 2.49. The lowest BCUT2D eigenvalue weighted by Gasteiger charge is -2.30. The zero-order chi connectivity index (χ0) is 13.4. The van der Waals surface area contributed by atoms with Crippen LogP contribution in [0.25, 0.3) is 0 Å². The highest BCUT2D eigenvalue weighted by Crippen LogP contribution is 2.43. The van der Waals surface area contributed by atoms with Gasteiger partial charge in [-0.25, -0.2) is 4.99 Å². The molecule has 0 saturated heterocycles. The molecule has 1 aromatic carbocycles. The monoisotopic (exact) mass is 285 g/mol. The molecule has 1 aliphatic heterocycles. The summed E-state index contributed by atoms with van der Waals surface area (Å²) >= 11 is 7.45. The van der Waals surface area contributed by atoms with Crippen LogP contribution in [0.1, 0.15) is 19.4 Å². The van der Waals surface area contributed by atoms with Crippen molar-refractivity contribution in [2.45, 2.75) is 25.4 Å². The van der Waals surface area contributed by atoms with Crippen LogP contribution in [0, 0.1) is 0 Å². The van der Waals surface area contributed by atoms with Crippen molar-refractivity contribution in [3.8, 4) is 0 Å². The first kappa shape index (κ1) is 13.9. The van der Waals surface area contributed by atoms with E-state index in [0.717, 1.165) is 10.6 Å². The number of benzene rings is 1. The molecule has 1 aromatic rings. The lowest BCUT2D eigenvalue weighted by molar-refractivity contribution is -0.216. The van der Waals surface area contributed by atoms with Gasteiger partial charge in [-0.3, -0.25) is 0 Å². The molecule has 0 spiro atoms. The minimum absolute atomic E-state index is 0.589. The van der Waals surface area contributed by atoms with Gasteiger partial charge in [0.1, 0.15) is 5.04 Å². The lowest BCUT2D eigenvalue weighted by Crippen LogP contribution is -2.38. The van der Waals surface area contributed by atoms with Gasteiger partial charge < -0.3 is 9.47 Å². The summed E-state index contributed by atoms with van der Waals surface area (Å²) in [7, 11) is 1.63. The summed E-state index contributed by atoms with van der Waals surface area (Å²) in [6.07, 6.45) is 1.97. The van der Waals surface area contributed by atoms with Crippen LogP contribution in [-0.2, 0) is 15.3 Å². The van der Waals surface area contributed by atoms with Crippen LogP contribution < -0.4 is 0 Å². The van der Waals surface area contributed by atoms with Crippen LogP contribution in [-0.4, -0.2) is 24.1 Å². The molecule has 1 atom stereocenters. The molecule has 0 aromatic heterocycles. The Hall–Kier alpha value is -0.550. The number of aliphatic imine (C=N–C) groups is 1. The number of ether oxygens (including phenoxy) is 2. The summed E-state index contributed by atoms with van der Waals surface area (Å²) < 4.78 is 11.7. The highest BCUT2D eigenvalue weighted by molar-refractivity contribution is 8.13. The molecule has 0 amide bonds. The summed E-state index contributed by atoms with van der Waals surface area (Å²) in [5.41, 5.74) is 0.307. The summed E-state index contributed by atoms with van der Waals surface area (Å²) in [5.74, 6) is -0.923. The van der Waals surface area contributed by atoms with Gasteiger partial charge in [0.2, 0.25) is 5.79 Å². The van der Waals surface area contributed by atoms with Gasteiger partial charge in [0, 0.05) is 17.7 Å². The largest absolute Gasteiger partial charge is 0.344 e. The van der Waals surface area contributed by atoms with E-state index in [1.807, 2.05) is 44.4 Å². The quantitative estimate of drug-likeness (QED) is 0.831. The number of hydrogen-bond acceptors (Lipinski definition) is 4. The Morgan fingerprint density at radius 3 is 2.39 bits per heavy atom. The van der Waals surface area contributed by atoms with E-state index in [2.05, 4.69) is 4.99 Å². The van der Waals surface area contributed by atoms with Crippen LogP contribution in [0.3, 0.4) is 0 Å². The molecule has 0 radical (unpaired) electrons. The van der Waals surface area contributed by atoms with Crippen LogP contribution in [0.5, 0.6) is 0 Å². The molecule has 0 fully saturated rings. The van der Waals surface area contributed by atoms with E-state index in [1.165, 1.54) is 11.8 Å². The molecule has 1 heterocycles. The topological polar surface area (TPSA) is 30.8 Å². The molecule has 1 aliphatic rings. The highest BCUT2D eigenvalue weighted by atomic mass is 35.5. The van der Waals surface area contributed by atoms with Crippen LogP contribution in [0.2, 0.25) is 5.02 Å². The van der Waals surface area contributed by atoms with E-state index >= 15 is 0 Å². The zero-order valence-corrected chi connectivity index (χ0v) is 12.4. The number of methoxy groups -OCH3 is 1. The van der Waals surface area contributed by atoms with Crippen molar-refractivity contribution in [1.29, 1.82) is 0 Å². The van der Waals surface area contributed by atoms with Gasteiger partial charge >= 0.3 is 0 Å². The van der Waals surface area contributed by atoms with Crippen LogP contribution in [0.4, 0.5) is 0 Å². The number of rotatable bonds is 2. The maximum atomic E-state index is 6.03. The Morgan fingerprint density at radius 2 is 1.89 bits per heavy atom. The first-order chi connectivity index (χ1) is 8.43. The predicted molar refractivity (Wildman–Crippen MR) is 76.3 cm³/mol. The van der Waals surface area contributed by atoms with Crippen molar-refractivity contribution in [2.24, 2.45) is 4.99 Å². The molecule has 18 heavy (non-hydrogen) atoms. The van der Waals surface area contributed by atoms with Crippen LogP contribution in [0.15, 0.2) is 29.3 Å². The van der Waals surface area contributed by atoms with E-state index in [9.17, 15) is 0 Å². The van der Waals surface area contributed by atoms with Gasteiger partial charge in [-0.15, -0.1) is 11.8 Å². The Labute approximate surface area is 117 Å². The third-order valence-corrected chi connectivity index (χ3v) is 3.75. The second-order valence-corrected chi connectivity index (χ2v) is 5.73. The maximum absolute atomic E-state index is 6.03. The van der Waals surface area contributed by atoms with Gasteiger partial charge in [-0.2, -0.15) is 0 Å². The number of nitrogens with zero attached hydrogens (tertiary/aromatic N) is 1. The van der Waals surface area contributed by atoms with Crippen molar-refractivity contribution in [1.82, 2.24) is 0 Å². The molecule has 5 heteroatoms. The Kier molecular flexibility index (Phi) is 3.74. The van der Waals surface area contributed by atoms with Gasteiger partial charge in [0.25, 0.3) is 0 Å². The highest BCUT2D eigenvalue weighted by Gasteiger charge is 2.49. The fourth-order valence-corrected chi connectivity index (χ4v) is 2.96. The number of halogens is 1. The second kappa shape index (κ2) is 4.85. The van der Waals surface area contributed by atoms with Crippen molar-refractivity contribution in [2.75, 3.05) is 13.4 Å². The average molecular weight is 286 g/mol. The first-order valence-corrected chi connectivity index (χ1v) is 7.19. The molecule has 0 aliphatic carbocycles. The van der Waals surface area contributed by atoms with Crippen molar-refractivity contribution in [3.63, 3.8) is 0 Å². The molecule has 0 N–H and O–H groups in total. The lowest BCUT2D eigenvalue weighted by atomic mass is 10.1. The number of thioether (sulfide) groups is 1. The predicted octanol–water partition coefficient (Wildman–Crippen LogP) is 3.67. The number of hydrogen-bond donors (Lipinski definition) is 0. The van der Waals surface area contributed by atoms with Gasteiger partial charge in [0.05, 0.1) is 0 Å². The van der Waals surface area contributed by atoms with Gasteiger partial charge in [0.15, 0.2) is 5.72 Å². The standard InChI is InChI=1S/C13H16ClNO2S/c1-12(2)15-11(18-4)13(16-3,17-12)9-5-7-10(14)8-6-9/h5-8H,1-4H3. The van der Waals surface area contributed by atoms with E-state index in [-0.39, 0.29) is 0 Å². The minimum atomic E-state index is -0.923. The van der Waals surface area contributed by atoms with E-state index in [0.29, 0.717) is 5.02 Å². The molecule has 2 rings (SSSR count). The third kappa shape index (κ3) is 2.30. The summed E-state index contributed by atoms with van der Waals surface area (Å²) in [6, 6.07) is 7.45. The third-order valence-electron chi connectivity index (χ3n) is 2.75. The molecular weight excluding hydrogens is 270 g/mol. The van der Waals surface area contributed by atoms with Crippen molar-refractivity contribution >= 4 is 28.4 Å². The molecule has 98 valence electrons. The molecule has 0 saturated carbocycles. The van der Waals surface area contributed by atoms with Gasteiger partial charge in [-0.05, 0) is 32.2 Å². The summed E-state index contributed by atoms with van der Waals surface area (Å²) in [5, 5.41) is 1.50. The minimum Gasteiger partial charge on any atom is -0.344 e. The fraction of sp³-hybridized carbons (Fsp3) is 0.462. The second-order valence-electron chi connectivity index (χ2n) is 4.50. The van der Waals surface area contributed by atoms with E-state index < -0.39 is 11.5 Å². The van der Waals surface area contributed by atoms with Crippen molar-refractivity contribution < 1.29 is 9.47 Å². The maximum Gasteiger partial charge on any atom is 0.247 e. The van der Waals surface area contributed by atoms with Gasteiger partial charge in [-0.1, -0.05) is 23.7 Å². The zero-order valence-electron chi connectivity index (χ0n) is 10.9.